The number of carbonyl (C=O) groups is 2. The number of amides is 2. The Labute approximate surface area is 261 Å². The molecule has 43 heavy (non-hydrogen) atoms. The second kappa shape index (κ2) is 12.5. The molecule has 2 amide bonds. The van der Waals surface area contributed by atoms with Crippen LogP contribution in [0.1, 0.15) is 67.0 Å². The minimum absolute atomic E-state index is 0. The molecule has 2 aromatic heterocycles. The molecular weight excluding hydrogens is 611 g/mol. The Balaban J connectivity index is 0.000000148. The van der Waals surface area contributed by atoms with Crippen molar-refractivity contribution < 1.29 is 18.9 Å². The van der Waals surface area contributed by atoms with Gasteiger partial charge in [-0.25, -0.2) is 0 Å². The number of hydrogen-bond donors (Lipinski definition) is 2. The molecule has 12 heteroatoms. The van der Waals surface area contributed by atoms with Crippen molar-refractivity contribution in [3.05, 3.63) is 87.7 Å². The van der Waals surface area contributed by atoms with Crippen LogP contribution in [0.3, 0.4) is 0 Å². The van der Waals surface area contributed by atoms with E-state index >= 15 is 0 Å². The number of hydrogen-bond acceptors (Lipinski definition) is 6. The average molecular weight is 649 g/mol. The highest BCUT2D eigenvalue weighted by molar-refractivity contribution is 9.10. The van der Waals surface area contributed by atoms with E-state index in [0.29, 0.717) is 13.1 Å². The fraction of sp³-hybridized carbons (Fsp3) is 0.355. The van der Waals surface area contributed by atoms with Crippen LogP contribution in [0.2, 0.25) is 0 Å². The van der Waals surface area contributed by atoms with Gasteiger partial charge < -0.3 is 19.9 Å². The van der Waals surface area contributed by atoms with Crippen LogP contribution in [0, 0.1) is 0 Å². The molecule has 4 aromatic rings. The first kappa shape index (κ1) is 32.2. The van der Waals surface area contributed by atoms with E-state index in [4.69, 9.17) is 9.31 Å². The summed E-state index contributed by atoms with van der Waals surface area (Å²) in [5.41, 5.74) is 5.92. The lowest BCUT2D eigenvalue weighted by Gasteiger charge is -2.32. The summed E-state index contributed by atoms with van der Waals surface area (Å²) in [7, 11) is 3.42. The molecule has 2 N–H and O–H groups in total. The van der Waals surface area contributed by atoms with Crippen molar-refractivity contribution in [2.75, 3.05) is 0 Å². The van der Waals surface area contributed by atoms with Crippen molar-refractivity contribution in [1.82, 2.24) is 30.2 Å². The molecule has 7 rings (SSSR count). The van der Waals surface area contributed by atoms with Crippen LogP contribution >= 0.6 is 15.9 Å². The van der Waals surface area contributed by atoms with E-state index in [9.17, 15) is 9.59 Å². The molecule has 0 atom stereocenters. The van der Waals surface area contributed by atoms with Crippen LogP contribution in [-0.4, -0.2) is 49.7 Å². The van der Waals surface area contributed by atoms with E-state index in [-0.39, 0.29) is 37.6 Å². The lowest BCUT2D eigenvalue weighted by atomic mass is 9.85. The predicted octanol–water partition coefficient (Wildman–Crippen LogP) is 4.38. The minimum atomic E-state index is -0.351. The third kappa shape index (κ3) is 6.92. The van der Waals surface area contributed by atoms with E-state index in [1.54, 1.807) is 9.36 Å². The highest BCUT2D eigenvalue weighted by Gasteiger charge is 2.52. The zero-order chi connectivity index (χ0) is 30.2. The Morgan fingerprint density at radius 1 is 0.791 bits per heavy atom. The first-order chi connectivity index (χ1) is 19.8. The van der Waals surface area contributed by atoms with Gasteiger partial charge in [-0.1, -0.05) is 29.4 Å². The van der Waals surface area contributed by atoms with Gasteiger partial charge in [0.2, 0.25) is 0 Å². The highest BCUT2D eigenvalue weighted by Crippen LogP contribution is 2.36. The molecule has 10 nitrogen and oxygen atoms in total. The number of benzene rings is 2. The zero-order valence-electron chi connectivity index (χ0n) is 24.6. The topological polar surface area (TPSA) is 112 Å². The van der Waals surface area contributed by atoms with E-state index in [1.807, 2.05) is 103 Å². The van der Waals surface area contributed by atoms with Crippen LogP contribution in [0.4, 0.5) is 0 Å². The number of nitrogens with zero attached hydrogens (tertiary/aromatic N) is 4. The Morgan fingerprint density at radius 2 is 1.33 bits per heavy atom. The highest BCUT2D eigenvalue weighted by atomic mass is 79.9. The summed E-state index contributed by atoms with van der Waals surface area (Å²) in [5, 5.41) is 14.2. The maximum Gasteiger partial charge on any atom is 0.516 e. The third-order valence-electron chi connectivity index (χ3n) is 7.78. The molecule has 3 aliphatic rings. The summed E-state index contributed by atoms with van der Waals surface area (Å²) in [6.07, 6.45) is 3.80. The molecule has 0 bridgehead atoms. The molecule has 1 fully saturated rings. The summed E-state index contributed by atoms with van der Waals surface area (Å²) >= 11 is 3.35. The van der Waals surface area contributed by atoms with Gasteiger partial charge in [0, 0.05) is 60.7 Å². The maximum atomic E-state index is 11.4. The molecule has 2 aromatic carbocycles. The second-order valence-corrected chi connectivity index (χ2v) is 12.3. The SMILES string of the molecule is C.Cn1ccc(-c2ccc3c(c2)CNC3=O)n1.Cn1ccc(B2OC(C)(C)C(C)(C)O2)n1.O=C1NCc2cc(Br)ccc21. The summed E-state index contributed by atoms with van der Waals surface area (Å²) < 4.78 is 16.3. The van der Waals surface area contributed by atoms with Gasteiger partial charge in [0.05, 0.1) is 22.5 Å². The minimum Gasteiger partial charge on any atom is -0.398 e. The molecule has 0 aliphatic carbocycles. The third-order valence-corrected chi connectivity index (χ3v) is 8.27. The van der Waals surface area contributed by atoms with E-state index < -0.39 is 0 Å². The number of fused-ring (bicyclic) bond motifs is 2. The quantitative estimate of drug-likeness (QED) is 0.312. The van der Waals surface area contributed by atoms with Crippen LogP contribution in [0.25, 0.3) is 11.3 Å². The van der Waals surface area contributed by atoms with Gasteiger partial charge in [-0.3, -0.25) is 19.0 Å². The lowest BCUT2D eigenvalue weighted by Crippen LogP contribution is -2.41. The molecule has 226 valence electrons. The van der Waals surface area contributed by atoms with E-state index in [1.165, 1.54) is 0 Å². The van der Waals surface area contributed by atoms with Crippen molar-refractivity contribution in [2.24, 2.45) is 14.1 Å². The van der Waals surface area contributed by atoms with Crippen molar-refractivity contribution in [3.8, 4) is 11.3 Å². The number of aromatic nitrogens is 4. The average Bonchev–Trinajstić information content (AvgIpc) is 3.75. The van der Waals surface area contributed by atoms with Crippen LogP contribution in [-0.2, 0) is 36.5 Å². The Bertz CT molecular complexity index is 1630. The largest absolute Gasteiger partial charge is 0.516 e. The van der Waals surface area contributed by atoms with Gasteiger partial charge in [0.15, 0.2) is 0 Å². The fourth-order valence-electron chi connectivity index (χ4n) is 4.68. The van der Waals surface area contributed by atoms with Gasteiger partial charge in [-0.2, -0.15) is 10.2 Å². The monoisotopic (exact) mass is 648 g/mol. The van der Waals surface area contributed by atoms with Crippen molar-refractivity contribution in [2.45, 2.75) is 59.4 Å². The predicted molar refractivity (Wildman–Crippen MR) is 171 cm³/mol. The van der Waals surface area contributed by atoms with Gasteiger partial charge in [-0.05, 0) is 81.3 Å². The number of rotatable bonds is 2. The molecular formula is C31H38BBrN6O4. The van der Waals surface area contributed by atoms with Gasteiger partial charge in [0.1, 0.15) is 0 Å². The smallest absolute Gasteiger partial charge is 0.398 e. The maximum absolute atomic E-state index is 11.4. The van der Waals surface area contributed by atoms with Crippen LogP contribution < -0.4 is 16.2 Å². The van der Waals surface area contributed by atoms with Gasteiger partial charge >= 0.3 is 7.12 Å². The number of aryl methyl sites for hydroxylation is 2. The summed E-state index contributed by atoms with van der Waals surface area (Å²) in [6.45, 7) is 9.43. The Hall–Kier alpha value is -3.74. The summed E-state index contributed by atoms with van der Waals surface area (Å²) in [6, 6.07) is 15.4. The molecule has 3 aliphatic heterocycles. The Morgan fingerprint density at radius 3 is 1.86 bits per heavy atom. The van der Waals surface area contributed by atoms with Crippen LogP contribution in [0.15, 0.2) is 65.4 Å². The molecule has 0 unspecified atom stereocenters. The van der Waals surface area contributed by atoms with Crippen molar-refractivity contribution >= 4 is 40.5 Å². The summed E-state index contributed by atoms with van der Waals surface area (Å²) in [5.74, 6) is 0.0510. The normalized spacial score (nSPS) is 17.0. The first-order valence-electron chi connectivity index (χ1n) is 13.7. The number of carbonyl (C=O) groups excluding carboxylic acids is 2. The van der Waals surface area contributed by atoms with E-state index in [2.05, 4.69) is 36.8 Å². The second-order valence-electron chi connectivity index (χ2n) is 11.4. The summed E-state index contributed by atoms with van der Waals surface area (Å²) in [4.78, 5) is 22.4. The van der Waals surface area contributed by atoms with Crippen molar-refractivity contribution in [3.63, 3.8) is 0 Å². The fourth-order valence-corrected chi connectivity index (χ4v) is 5.09. The molecule has 0 saturated carbocycles. The molecule has 0 radical (unpaired) electrons. The number of halogens is 1. The molecule has 1 saturated heterocycles. The molecule has 5 heterocycles. The number of nitrogens with one attached hydrogen (secondary N) is 2. The standard InChI is InChI=1S/C12H11N3O.C10H17BN2O2.C8H6BrNO.CH4/c1-15-5-4-11(14-15)8-2-3-10-9(6-8)7-13-12(10)16;1-9(2)10(3,4)15-11(14-9)8-6-7-13(5)12-8;9-6-1-2-7-5(3-6)4-10-8(7)11;/h2-6H,7H2,1H3,(H,13,16);6-7H,1-5H3;1-3H,4H2,(H,10,11);1H4. The molecule has 0 spiro atoms. The van der Waals surface area contributed by atoms with Crippen LogP contribution in [0.5, 0.6) is 0 Å². The van der Waals surface area contributed by atoms with Crippen molar-refractivity contribution in [1.29, 1.82) is 0 Å². The Kier molecular flexibility index (Phi) is 9.34. The van der Waals surface area contributed by atoms with Gasteiger partial charge in [-0.15, -0.1) is 0 Å². The zero-order valence-corrected chi connectivity index (χ0v) is 26.2. The first-order valence-corrected chi connectivity index (χ1v) is 14.5. The lowest BCUT2D eigenvalue weighted by molar-refractivity contribution is 0.00578. The van der Waals surface area contributed by atoms with E-state index in [0.717, 1.165) is 43.6 Å². The van der Waals surface area contributed by atoms with Gasteiger partial charge in [0.25, 0.3) is 11.8 Å².